The number of thioether (sulfide) groups is 1. The maximum atomic E-state index is 5.54. The highest BCUT2D eigenvalue weighted by molar-refractivity contribution is 7.99. The molecule has 0 aromatic heterocycles. The van der Waals surface area contributed by atoms with Crippen molar-refractivity contribution in [2.75, 3.05) is 19.4 Å². The van der Waals surface area contributed by atoms with E-state index in [1.807, 2.05) is 11.8 Å². The lowest BCUT2D eigenvalue weighted by Gasteiger charge is -2.26. The summed E-state index contributed by atoms with van der Waals surface area (Å²) in [4.78, 5) is 1.37. The molecule has 1 atom stereocenters. The number of rotatable bonds is 10. The molecule has 0 saturated carbocycles. The van der Waals surface area contributed by atoms with Gasteiger partial charge in [-0.15, -0.1) is 11.8 Å². The van der Waals surface area contributed by atoms with E-state index in [-0.39, 0.29) is 5.60 Å². The number of hydrogen-bond acceptors (Lipinski definition) is 3. The lowest BCUT2D eigenvalue weighted by Crippen LogP contribution is -2.34. The molecule has 1 aromatic carbocycles. The van der Waals surface area contributed by atoms with Crippen LogP contribution in [0.25, 0.3) is 0 Å². The zero-order chi connectivity index (χ0) is 15.7. The summed E-state index contributed by atoms with van der Waals surface area (Å²) >= 11 is 1.95. The molecule has 21 heavy (non-hydrogen) atoms. The summed E-state index contributed by atoms with van der Waals surface area (Å²) in [6.45, 7) is 9.79. The second-order valence-electron chi connectivity index (χ2n) is 6.28. The maximum Gasteiger partial charge on any atom is 0.0623 e. The van der Waals surface area contributed by atoms with Gasteiger partial charge in [-0.3, -0.25) is 0 Å². The summed E-state index contributed by atoms with van der Waals surface area (Å²) in [6.07, 6.45) is 3.41. The first-order valence-electron chi connectivity index (χ1n) is 7.95. The van der Waals surface area contributed by atoms with Crippen LogP contribution in [0.5, 0.6) is 0 Å². The van der Waals surface area contributed by atoms with Crippen molar-refractivity contribution in [2.24, 2.45) is 0 Å². The lowest BCUT2D eigenvalue weighted by molar-refractivity contribution is 0.0122. The molecule has 120 valence electrons. The molecule has 2 nitrogen and oxygen atoms in total. The van der Waals surface area contributed by atoms with E-state index in [1.54, 1.807) is 7.11 Å². The summed E-state index contributed by atoms with van der Waals surface area (Å²) in [5, 5.41) is 3.67. The van der Waals surface area contributed by atoms with Crippen LogP contribution in [-0.2, 0) is 4.74 Å². The average molecular weight is 310 g/mol. The van der Waals surface area contributed by atoms with E-state index in [9.17, 15) is 0 Å². The Balaban J connectivity index is 2.49. The first-order chi connectivity index (χ1) is 9.96. The highest BCUT2D eigenvalue weighted by Gasteiger charge is 2.19. The van der Waals surface area contributed by atoms with Crippen LogP contribution in [0.2, 0.25) is 0 Å². The summed E-state index contributed by atoms with van der Waals surface area (Å²) in [5.41, 5.74) is 1.30. The van der Waals surface area contributed by atoms with E-state index >= 15 is 0 Å². The fraction of sp³-hybridized carbons (Fsp3) is 0.667. The number of hydrogen-bond donors (Lipinski definition) is 1. The molecule has 0 aliphatic rings. The van der Waals surface area contributed by atoms with E-state index < -0.39 is 0 Å². The van der Waals surface area contributed by atoms with Crippen LogP contribution in [0.15, 0.2) is 29.2 Å². The van der Waals surface area contributed by atoms with Gasteiger partial charge in [-0.25, -0.2) is 0 Å². The number of ether oxygens (including phenoxy) is 1. The average Bonchev–Trinajstić information content (AvgIpc) is 2.46. The molecular formula is C18H31NOS. The van der Waals surface area contributed by atoms with Gasteiger partial charge in [-0.2, -0.15) is 0 Å². The minimum atomic E-state index is -0.0276. The third kappa shape index (κ3) is 7.89. The number of methoxy groups -OCH3 is 1. The molecule has 1 unspecified atom stereocenters. The van der Waals surface area contributed by atoms with E-state index in [1.165, 1.54) is 16.9 Å². The van der Waals surface area contributed by atoms with Gasteiger partial charge in [0.2, 0.25) is 0 Å². The van der Waals surface area contributed by atoms with Crippen molar-refractivity contribution in [1.29, 1.82) is 0 Å². The van der Waals surface area contributed by atoms with E-state index in [0.29, 0.717) is 6.04 Å². The molecule has 0 spiro atoms. The highest BCUT2D eigenvalue weighted by Crippen LogP contribution is 2.23. The Morgan fingerprint density at radius 3 is 2.71 bits per heavy atom. The summed E-state index contributed by atoms with van der Waals surface area (Å²) in [5.74, 6) is 1.11. The van der Waals surface area contributed by atoms with Crippen molar-refractivity contribution in [3.05, 3.63) is 29.8 Å². The van der Waals surface area contributed by atoms with Gasteiger partial charge < -0.3 is 10.1 Å². The van der Waals surface area contributed by atoms with Gasteiger partial charge in [0.25, 0.3) is 0 Å². The number of aryl methyl sites for hydroxylation is 1. The molecule has 0 heterocycles. The third-order valence-electron chi connectivity index (χ3n) is 3.77. The van der Waals surface area contributed by atoms with Gasteiger partial charge in [-0.05, 0) is 58.7 Å². The van der Waals surface area contributed by atoms with Crippen LogP contribution in [-0.4, -0.2) is 31.1 Å². The molecule has 0 aliphatic carbocycles. The molecular weight excluding hydrogens is 278 g/mol. The van der Waals surface area contributed by atoms with Crippen molar-refractivity contribution in [3.8, 4) is 0 Å². The molecule has 1 N–H and O–H groups in total. The smallest absolute Gasteiger partial charge is 0.0623 e. The van der Waals surface area contributed by atoms with Gasteiger partial charge in [0.15, 0.2) is 0 Å². The molecule has 0 amide bonds. The van der Waals surface area contributed by atoms with Crippen LogP contribution in [0, 0.1) is 6.92 Å². The second-order valence-corrected chi connectivity index (χ2v) is 7.37. The molecule has 0 saturated heterocycles. The normalized spacial score (nSPS) is 13.4. The van der Waals surface area contributed by atoms with Crippen molar-refractivity contribution in [1.82, 2.24) is 5.32 Å². The van der Waals surface area contributed by atoms with Gasteiger partial charge >= 0.3 is 0 Å². The van der Waals surface area contributed by atoms with Crippen molar-refractivity contribution in [2.45, 2.75) is 63.5 Å². The monoisotopic (exact) mass is 309 g/mol. The van der Waals surface area contributed by atoms with Crippen LogP contribution >= 0.6 is 11.8 Å². The van der Waals surface area contributed by atoms with Gasteiger partial charge in [0, 0.05) is 23.8 Å². The number of benzene rings is 1. The van der Waals surface area contributed by atoms with Crippen molar-refractivity contribution >= 4 is 11.8 Å². The Bertz CT molecular complexity index is 406. The van der Waals surface area contributed by atoms with Gasteiger partial charge in [0.05, 0.1) is 5.60 Å². The minimum Gasteiger partial charge on any atom is -0.379 e. The standard InChI is InChI=1S/C18H31NOS/c1-6-12-19-16(10-11-18(3,4)20-5)14-21-17-9-7-8-15(2)13-17/h7-9,13,16,19H,6,10-12,14H2,1-5H3. The summed E-state index contributed by atoms with van der Waals surface area (Å²) in [7, 11) is 1.80. The van der Waals surface area contributed by atoms with Crippen LogP contribution in [0.3, 0.4) is 0 Å². The maximum absolute atomic E-state index is 5.54. The Kier molecular flexibility index (Phi) is 8.38. The molecule has 1 rings (SSSR count). The Labute approximate surface area is 135 Å². The van der Waals surface area contributed by atoms with Crippen LogP contribution < -0.4 is 5.32 Å². The fourth-order valence-corrected chi connectivity index (χ4v) is 3.24. The molecule has 0 aliphatic heterocycles. The summed E-state index contributed by atoms with van der Waals surface area (Å²) < 4.78 is 5.54. The largest absolute Gasteiger partial charge is 0.379 e. The Morgan fingerprint density at radius 2 is 2.10 bits per heavy atom. The molecule has 3 heteroatoms. The molecule has 0 bridgehead atoms. The van der Waals surface area contributed by atoms with Gasteiger partial charge in [0.1, 0.15) is 0 Å². The lowest BCUT2D eigenvalue weighted by atomic mass is 9.99. The third-order valence-corrected chi connectivity index (χ3v) is 4.93. The van der Waals surface area contributed by atoms with Gasteiger partial charge in [-0.1, -0.05) is 24.6 Å². The summed E-state index contributed by atoms with van der Waals surface area (Å²) in [6, 6.07) is 9.30. The first kappa shape index (κ1) is 18.5. The van der Waals surface area contributed by atoms with E-state index in [4.69, 9.17) is 4.74 Å². The molecule has 0 radical (unpaired) electrons. The van der Waals surface area contributed by atoms with E-state index in [0.717, 1.165) is 25.1 Å². The SMILES string of the molecule is CCCNC(CCC(C)(C)OC)CSc1cccc(C)c1. The van der Waals surface area contributed by atoms with Crippen molar-refractivity contribution < 1.29 is 4.74 Å². The predicted octanol–water partition coefficient (Wildman–Crippen LogP) is 4.66. The van der Waals surface area contributed by atoms with Crippen molar-refractivity contribution in [3.63, 3.8) is 0 Å². The first-order valence-corrected chi connectivity index (χ1v) is 8.93. The highest BCUT2D eigenvalue weighted by atomic mass is 32.2. The Morgan fingerprint density at radius 1 is 1.33 bits per heavy atom. The molecule has 0 fully saturated rings. The van der Waals surface area contributed by atoms with Crippen LogP contribution in [0.1, 0.15) is 45.6 Å². The van der Waals surface area contributed by atoms with E-state index in [2.05, 4.69) is 57.3 Å². The predicted molar refractivity (Wildman–Crippen MR) is 94.3 cm³/mol. The minimum absolute atomic E-state index is 0.0276. The van der Waals surface area contributed by atoms with Crippen LogP contribution in [0.4, 0.5) is 0 Å². The zero-order valence-corrected chi connectivity index (χ0v) is 15.1. The quantitative estimate of drug-likeness (QED) is 0.635. The zero-order valence-electron chi connectivity index (χ0n) is 14.2. The second kappa shape index (κ2) is 9.50. The topological polar surface area (TPSA) is 21.3 Å². The fourth-order valence-electron chi connectivity index (χ4n) is 2.12. The number of nitrogens with one attached hydrogen (secondary N) is 1. The Hall–Kier alpha value is -0.510. The molecule has 1 aromatic rings.